The molecule has 1 aliphatic heterocycles. The lowest BCUT2D eigenvalue weighted by atomic mass is 10.1. The third-order valence-electron chi connectivity index (χ3n) is 3.93. The van der Waals surface area contributed by atoms with Crippen molar-refractivity contribution in [2.45, 2.75) is 39.3 Å². The number of amides is 2. The second-order valence-electron chi connectivity index (χ2n) is 6.32. The van der Waals surface area contributed by atoms with Crippen LogP contribution in [0.25, 0.3) is 0 Å². The molecule has 1 aromatic rings. The summed E-state index contributed by atoms with van der Waals surface area (Å²) in [5.41, 5.74) is 1.33. The van der Waals surface area contributed by atoms with Crippen LogP contribution < -0.4 is 10.6 Å². The molecule has 1 aromatic carbocycles. The number of carbonyl (C=O) groups is 3. The first-order valence-electron chi connectivity index (χ1n) is 8.44. The third kappa shape index (κ3) is 5.01. The number of benzene rings is 1. The molecule has 0 spiro atoms. The van der Waals surface area contributed by atoms with Gasteiger partial charge in [0.25, 0.3) is 5.91 Å². The number of nitrogens with one attached hydrogen (secondary N) is 2. The van der Waals surface area contributed by atoms with Crippen molar-refractivity contribution in [3.05, 3.63) is 35.4 Å². The van der Waals surface area contributed by atoms with Gasteiger partial charge in [-0.2, -0.15) is 0 Å². The average Bonchev–Trinajstić information content (AvgIpc) is 2.56. The summed E-state index contributed by atoms with van der Waals surface area (Å²) >= 11 is 5.33. The van der Waals surface area contributed by atoms with E-state index < -0.39 is 12.0 Å². The van der Waals surface area contributed by atoms with Crippen LogP contribution in [0.4, 0.5) is 0 Å². The van der Waals surface area contributed by atoms with Gasteiger partial charge in [-0.05, 0) is 44.6 Å². The molecule has 7 nitrogen and oxygen atoms in total. The molecule has 140 valence electrons. The summed E-state index contributed by atoms with van der Waals surface area (Å²) in [6, 6.07) is 6.34. The standard InChI is InChI=1S/C18H23N3O4S/c1-11(2)25-15(22)10-14-17(24)19-8-9-21(14)18(26)20-16(23)13-7-5-4-6-12(13)3/h4-7,11,14H,8-10H2,1-3H3,(H,19,24)(H,20,23,26). The molecule has 2 N–H and O–H groups in total. The fraction of sp³-hybridized carbons (Fsp3) is 0.444. The van der Waals surface area contributed by atoms with Crippen molar-refractivity contribution in [3.8, 4) is 0 Å². The number of thiocarbonyl (C=S) groups is 1. The molecule has 0 aromatic heterocycles. The number of piperazine rings is 1. The van der Waals surface area contributed by atoms with Crippen LogP contribution in [0.2, 0.25) is 0 Å². The molecule has 1 heterocycles. The van der Waals surface area contributed by atoms with Gasteiger partial charge in [0.15, 0.2) is 5.11 Å². The second kappa shape index (κ2) is 8.75. The highest BCUT2D eigenvalue weighted by atomic mass is 32.1. The predicted octanol–water partition coefficient (Wildman–Crippen LogP) is 1.15. The Morgan fingerprint density at radius 2 is 2.08 bits per heavy atom. The highest BCUT2D eigenvalue weighted by Gasteiger charge is 2.34. The summed E-state index contributed by atoms with van der Waals surface area (Å²) in [5.74, 6) is -1.15. The number of nitrogens with zero attached hydrogens (tertiary/aromatic N) is 1. The molecule has 1 unspecified atom stereocenters. The van der Waals surface area contributed by atoms with E-state index in [1.165, 1.54) is 0 Å². The van der Waals surface area contributed by atoms with Crippen LogP contribution >= 0.6 is 12.2 Å². The van der Waals surface area contributed by atoms with E-state index in [2.05, 4.69) is 10.6 Å². The fourth-order valence-electron chi connectivity index (χ4n) is 2.69. The van der Waals surface area contributed by atoms with Crippen LogP contribution in [0.1, 0.15) is 36.2 Å². The number of aryl methyl sites for hydroxylation is 1. The van der Waals surface area contributed by atoms with Crippen molar-refractivity contribution in [2.75, 3.05) is 13.1 Å². The lowest BCUT2D eigenvalue weighted by molar-refractivity contribution is -0.150. The molecule has 2 amide bonds. The number of rotatable bonds is 4. The lowest BCUT2D eigenvalue weighted by Crippen LogP contribution is -2.60. The van der Waals surface area contributed by atoms with Gasteiger partial charge in [-0.25, -0.2) is 0 Å². The summed E-state index contributed by atoms with van der Waals surface area (Å²) in [7, 11) is 0. The summed E-state index contributed by atoms with van der Waals surface area (Å²) in [4.78, 5) is 38.2. The maximum Gasteiger partial charge on any atom is 0.308 e. The van der Waals surface area contributed by atoms with Crippen LogP contribution in [0.3, 0.4) is 0 Å². The summed E-state index contributed by atoms with van der Waals surface area (Å²) in [6.07, 6.45) is -0.403. The molecular weight excluding hydrogens is 354 g/mol. The molecule has 1 atom stereocenters. The predicted molar refractivity (Wildman–Crippen MR) is 101 cm³/mol. The highest BCUT2D eigenvalue weighted by Crippen LogP contribution is 2.12. The molecular formula is C18H23N3O4S. The van der Waals surface area contributed by atoms with Crippen molar-refractivity contribution in [1.82, 2.24) is 15.5 Å². The maximum absolute atomic E-state index is 12.5. The van der Waals surface area contributed by atoms with Crippen LogP contribution in [0.5, 0.6) is 0 Å². The fourth-order valence-corrected chi connectivity index (χ4v) is 3.00. The van der Waals surface area contributed by atoms with Gasteiger partial charge >= 0.3 is 5.97 Å². The Balaban J connectivity index is 2.09. The minimum Gasteiger partial charge on any atom is -0.463 e. The molecule has 1 fully saturated rings. The highest BCUT2D eigenvalue weighted by molar-refractivity contribution is 7.80. The number of carbonyl (C=O) groups excluding carboxylic acids is 3. The van der Waals surface area contributed by atoms with Gasteiger partial charge in [-0.3, -0.25) is 19.7 Å². The minimum absolute atomic E-state index is 0.121. The molecule has 1 saturated heterocycles. The molecule has 2 rings (SSSR count). The van der Waals surface area contributed by atoms with Gasteiger partial charge in [0.05, 0.1) is 12.5 Å². The van der Waals surface area contributed by atoms with E-state index in [1.807, 2.05) is 19.1 Å². The number of hydrogen-bond donors (Lipinski definition) is 2. The van der Waals surface area contributed by atoms with Gasteiger partial charge < -0.3 is 15.0 Å². The van der Waals surface area contributed by atoms with Crippen LogP contribution in [0, 0.1) is 6.92 Å². The van der Waals surface area contributed by atoms with Crippen molar-refractivity contribution in [1.29, 1.82) is 0 Å². The quantitative estimate of drug-likeness (QED) is 0.605. The van der Waals surface area contributed by atoms with Gasteiger partial charge in [-0.15, -0.1) is 0 Å². The van der Waals surface area contributed by atoms with E-state index in [-0.39, 0.29) is 29.5 Å². The van der Waals surface area contributed by atoms with E-state index in [0.717, 1.165) is 5.56 Å². The first-order valence-corrected chi connectivity index (χ1v) is 8.85. The van der Waals surface area contributed by atoms with E-state index in [1.54, 1.807) is 30.9 Å². The van der Waals surface area contributed by atoms with Crippen molar-refractivity contribution in [3.63, 3.8) is 0 Å². The zero-order valence-corrected chi connectivity index (χ0v) is 15.9. The largest absolute Gasteiger partial charge is 0.463 e. The van der Waals surface area contributed by atoms with Gasteiger partial charge in [0.1, 0.15) is 6.04 Å². The van der Waals surface area contributed by atoms with Crippen LogP contribution in [0.15, 0.2) is 24.3 Å². The zero-order chi connectivity index (χ0) is 19.3. The number of esters is 1. The Hall–Kier alpha value is -2.48. The number of hydrogen-bond acceptors (Lipinski definition) is 5. The Morgan fingerprint density at radius 1 is 1.38 bits per heavy atom. The molecule has 1 aliphatic rings. The van der Waals surface area contributed by atoms with Crippen molar-refractivity contribution < 1.29 is 19.1 Å². The van der Waals surface area contributed by atoms with E-state index in [0.29, 0.717) is 18.7 Å². The number of ether oxygens (including phenoxy) is 1. The smallest absolute Gasteiger partial charge is 0.308 e. The Bertz CT molecular complexity index is 720. The minimum atomic E-state index is -0.806. The van der Waals surface area contributed by atoms with Gasteiger partial charge in [-0.1, -0.05) is 18.2 Å². The summed E-state index contributed by atoms with van der Waals surface area (Å²) in [5, 5.41) is 5.49. The maximum atomic E-state index is 12.5. The van der Waals surface area contributed by atoms with Gasteiger partial charge in [0.2, 0.25) is 5.91 Å². The van der Waals surface area contributed by atoms with Crippen LogP contribution in [-0.2, 0) is 14.3 Å². The normalized spacial score (nSPS) is 16.8. The molecule has 0 bridgehead atoms. The van der Waals surface area contributed by atoms with E-state index in [4.69, 9.17) is 17.0 Å². The van der Waals surface area contributed by atoms with Gasteiger partial charge in [0, 0.05) is 18.7 Å². The van der Waals surface area contributed by atoms with Crippen molar-refractivity contribution >= 4 is 35.1 Å². The Labute approximate surface area is 158 Å². The SMILES string of the molecule is Cc1ccccc1C(=O)NC(=S)N1CCNC(=O)C1CC(=O)OC(C)C. The monoisotopic (exact) mass is 377 g/mol. The molecule has 26 heavy (non-hydrogen) atoms. The molecule has 8 heteroatoms. The van der Waals surface area contributed by atoms with E-state index >= 15 is 0 Å². The lowest BCUT2D eigenvalue weighted by Gasteiger charge is -2.36. The topological polar surface area (TPSA) is 87.7 Å². The third-order valence-corrected chi connectivity index (χ3v) is 4.27. The second-order valence-corrected chi connectivity index (χ2v) is 6.70. The summed E-state index contributed by atoms with van der Waals surface area (Å²) < 4.78 is 5.12. The average molecular weight is 377 g/mol. The summed E-state index contributed by atoms with van der Waals surface area (Å²) in [6.45, 7) is 6.09. The van der Waals surface area contributed by atoms with E-state index in [9.17, 15) is 14.4 Å². The molecule has 0 aliphatic carbocycles. The first kappa shape index (κ1) is 19.8. The van der Waals surface area contributed by atoms with Crippen molar-refractivity contribution in [2.24, 2.45) is 0 Å². The van der Waals surface area contributed by atoms with Crippen LogP contribution in [-0.4, -0.2) is 53.0 Å². The zero-order valence-electron chi connectivity index (χ0n) is 15.1. The molecule has 0 saturated carbocycles. The first-order chi connectivity index (χ1) is 12.3. The molecule has 0 radical (unpaired) electrons. The Morgan fingerprint density at radius 3 is 2.73 bits per heavy atom. The Kier molecular flexibility index (Phi) is 6.68.